The number of nitrogens with one attached hydrogen (secondary N) is 1. The molecule has 1 atom stereocenters. The Labute approximate surface area is 146 Å². The second-order valence-corrected chi connectivity index (χ2v) is 6.08. The van der Waals surface area contributed by atoms with E-state index in [1.807, 2.05) is 0 Å². The average molecular weight is 371 g/mol. The quantitative estimate of drug-likeness (QED) is 0.636. The van der Waals surface area contributed by atoms with E-state index in [-0.39, 0.29) is 5.02 Å². The SMILES string of the molecule is CC(OC(=O)C=Cc1nccs1)C(=O)Nc1cccc(Cl)c1Cl. The van der Waals surface area contributed by atoms with Gasteiger partial charge in [0.15, 0.2) is 6.10 Å². The summed E-state index contributed by atoms with van der Waals surface area (Å²) in [5.74, 6) is -1.15. The van der Waals surface area contributed by atoms with Gasteiger partial charge < -0.3 is 10.1 Å². The number of hydrogen-bond acceptors (Lipinski definition) is 5. The Bertz CT molecular complexity index is 732. The fourth-order valence-electron chi connectivity index (χ4n) is 1.56. The van der Waals surface area contributed by atoms with E-state index in [2.05, 4.69) is 10.3 Å². The van der Waals surface area contributed by atoms with Crippen LogP contribution in [0.15, 0.2) is 35.9 Å². The number of nitrogens with zero attached hydrogens (tertiary/aromatic N) is 1. The molecule has 1 unspecified atom stereocenters. The fraction of sp³-hybridized carbons (Fsp3) is 0.133. The topological polar surface area (TPSA) is 68.3 Å². The molecule has 1 amide bonds. The molecule has 0 bridgehead atoms. The average Bonchev–Trinajstić information content (AvgIpc) is 3.03. The van der Waals surface area contributed by atoms with E-state index in [1.54, 1.807) is 29.8 Å². The molecule has 0 saturated carbocycles. The maximum Gasteiger partial charge on any atom is 0.331 e. The summed E-state index contributed by atoms with van der Waals surface area (Å²) in [6.07, 6.45) is 3.37. The van der Waals surface area contributed by atoms with Crippen LogP contribution in [-0.2, 0) is 14.3 Å². The molecule has 0 spiro atoms. The molecule has 0 radical (unpaired) electrons. The van der Waals surface area contributed by atoms with Gasteiger partial charge in [0.2, 0.25) is 0 Å². The third-order valence-corrected chi connectivity index (χ3v) is 4.24. The minimum Gasteiger partial charge on any atom is -0.449 e. The van der Waals surface area contributed by atoms with Crippen LogP contribution in [-0.4, -0.2) is 23.0 Å². The molecule has 0 saturated heterocycles. The lowest BCUT2D eigenvalue weighted by Gasteiger charge is -2.13. The number of rotatable bonds is 5. The van der Waals surface area contributed by atoms with Gasteiger partial charge in [-0.2, -0.15) is 0 Å². The molecular formula is C15H12Cl2N2O3S. The second kappa shape index (κ2) is 8.10. The summed E-state index contributed by atoms with van der Waals surface area (Å²) in [4.78, 5) is 27.7. The summed E-state index contributed by atoms with van der Waals surface area (Å²) in [7, 11) is 0. The van der Waals surface area contributed by atoms with Crippen molar-refractivity contribution in [2.24, 2.45) is 0 Å². The van der Waals surface area contributed by atoms with Gasteiger partial charge in [0.25, 0.3) is 5.91 Å². The lowest BCUT2D eigenvalue weighted by molar-refractivity contribution is -0.148. The maximum atomic E-state index is 12.0. The highest BCUT2D eigenvalue weighted by molar-refractivity contribution is 7.10. The number of carbonyl (C=O) groups excluding carboxylic acids is 2. The summed E-state index contributed by atoms with van der Waals surface area (Å²) in [6.45, 7) is 1.46. The van der Waals surface area contributed by atoms with Gasteiger partial charge in [0.1, 0.15) is 5.01 Å². The number of hydrogen-bond donors (Lipinski definition) is 1. The van der Waals surface area contributed by atoms with Crippen LogP contribution >= 0.6 is 34.5 Å². The smallest absolute Gasteiger partial charge is 0.331 e. The maximum absolute atomic E-state index is 12.0. The molecule has 8 heteroatoms. The molecule has 120 valence electrons. The molecule has 0 aliphatic heterocycles. The number of esters is 1. The van der Waals surface area contributed by atoms with Gasteiger partial charge in [0.05, 0.1) is 15.7 Å². The van der Waals surface area contributed by atoms with Crippen molar-refractivity contribution < 1.29 is 14.3 Å². The number of halogens is 2. The van der Waals surface area contributed by atoms with Crippen molar-refractivity contribution in [3.8, 4) is 0 Å². The molecule has 0 aliphatic rings. The lowest BCUT2D eigenvalue weighted by atomic mass is 10.3. The van der Waals surface area contributed by atoms with Crippen LogP contribution in [0.3, 0.4) is 0 Å². The Morgan fingerprint density at radius 2 is 2.17 bits per heavy atom. The van der Waals surface area contributed by atoms with Crippen LogP contribution in [0.1, 0.15) is 11.9 Å². The van der Waals surface area contributed by atoms with E-state index in [0.29, 0.717) is 15.7 Å². The number of benzene rings is 1. The van der Waals surface area contributed by atoms with Gasteiger partial charge in [-0.1, -0.05) is 29.3 Å². The Morgan fingerprint density at radius 1 is 1.39 bits per heavy atom. The van der Waals surface area contributed by atoms with Gasteiger partial charge in [0, 0.05) is 17.7 Å². The number of thiazole rings is 1. The van der Waals surface area contributed by atoms with E-state index >= 15 is 0 Å². The largest absolute Gasteiger partial charge is 0.449 e. The highest BCUT2D eigenvalue weighted by atomic mass is 35.5. The number of ether oxygens (including phenoxy) is 1. The zero-order valence-corrected chi connectivity index (χ0v) is 14.3. The molecule has 1 heterocycles. The van der Waals surface area contributed by atoms with Crippen molar-refractivity contribution in [2.45, 2.75) is 13.0 Å². The van der Waals surface area contributed by atoms with Crippen LogP contribution in [0.4, 0.5) is 5.69 Å². The van der Waals surface area contributed by atoms with Gasteiger partial charge >= 0.3 is 5.97 Å². The van der Waals surface area contributed by atoms with Crippen molar-refractivity contribution in [2.75, 3.05) is 5.32 Å². The summed E-state index contributed by atoms with van der Waals surface area (Å²) in [5, 5.41) is 5.56. The molecule has 0 fully saturated rings. The van der Waals surface area contributed by atoms with Gasteiger partial charge in [-0.15, -0.1) is 11.3 Å². The van der Waals surface area contributed by atoms with Crippen molar-refractivity contribution in [3.05, 3.63) is 50.9 Å². The number of amides is 1. The first-order valence-electron chi connectivity index (χ1n) is 6.50. The van der Waals surface area contributed by atoms with Crippen LogP contribution in [0.25, 0.3) is 6.08 Å². The Morgan fingerprint density at radius 3 is 2.87 bits per heavy atom. The molecule has 2 rings (SSSR count). The Balaban J connectivity index is 1.92. The van der Waals surface area contributed by atoms with Crippen molar-refractivity contribution in [3.63, 3.8) is 0 Å². The van der Waals surface area contributed by atoms with E-state index < -0.39 is 18.0 Å². The van der Waals surface area contributed by atoms with Crippen LogP contribution < -0.4 is 5.32 Å². The monoisotopic (exact) mass is 370 g/mol. The zero-order valence-electron chi connectivity index (χ0n) is 12.0. The van der Waals surface area contributed by atoms with Crippen molar-refractivity contribution >= 4 is 58.2 Å². The molecular weight excluding hydrogens is 359 g/mol. The van der Waals surface area contributed by atoms with Crippen molar-refractivity contribution in [1.82, 2.24) is 4.98 Å². The van der Waals surface area contributed by atoms with E-state index in [9.17, 15) is 9.59 Å². The highest BCUT2D eigenvalue weighted by Gasteiger charge is 2.18. The minimum absolute atomic E-state index is 0.227. The number of anilines is 1. The lowest BCUT2D eigenvalue weighted by Crippen LogP contribution is -2.29. The summed E-state index contributed by atoms with van der Waals surface area (Å²) in [5.41, 5.74) is 0.352. The van der Waals surface area contributed by atoms with Crippen LogP contribution in [0.5, 0.6) is 0 Å². The van der Waals surface area contributed by atoms with Gasteiger partial charge in [-0.3, -0.25) is 4.79 Å². The van der Waals surface area contributed by atoms with E-state index in [0.717, 1.165) is 0 Å². The Hall–Kier alpha value is -1.89. The van der Waals surface area contributed by atoms with Gasteiger partial charge in [-0.25, -0.2) is 9.78 Å². The third-order valence-electron chi connectivity index (χ3n) is 2.69. The molecule has 5 nitrogen and oxygen atoms in total. The first-order chi connectivity index (χ1) is 11.0. The minimum atomic E-state index is -0.988. The number of aromatic nitrogens is 1. The zero-order chi connectivity index (χ0) is 16.8. The van der Waals surface area contributed by atoms with Gasteiger partial charge in [-0.05, 0) is 25.1 Å². The predicted molar refractivity (Wildman–Crippen MR) is 91.8 cm³/mol. The van der Waals surface area contributed by atoms with Crippen LogP contribution in [0, 0.1) is 0 Å². The molecule has 0 aliphatic carbocycles. The highest BCUT2D eigenvalue weighted by Crippen LogP contribution is 2.29. The molecule has 23 heavy (non-hydrogen) atoms. The number of carbonyl (C=O) groups is 2. The second-order valence-electron chi connectivity index (χ2n) is 4.37. The summed E-state index contributed by atoms with van der Waals surface area (Å²) in [6, 6.07) is 4.85. The van der Waals surface area contributed by atoms with Crippen molar-refractivity contribution in [1.29, 1.82) is 0 Å². The normalized spacial score (nSPS) is 12.1. The standard InChI is InChI=1S/C15H12Cl2N2O3S/c1-9(22-13(20)6-5-12-18-7-8-23-12)15(21)19-11-4-2-3-10(16)14(11)17/h2-9H,1H3,(H,19,21). The van der Waals surface area contributed by atoms with E-state index in [4.69, 9.17) is 27.9 Å². The first kappa shape index (κ1) is 17.5. The molecule has 2 aromatic rings. The molecule has 1 N–H and O–H groups in total. The molecule has 1 aromatic heterocycles. The predicted octanol–water partition coefficient (Wildman–Crippen LogP) is 4.03. The summed E-state index contributed by atoms with van der Waals surface area (Å²) < 4.78 is 5.02. The van der Waals surface area contributed by atoms with Crippen LogP contribution in [0.2, 0.25) is 10.0 Å². The molecule has 1 aromatic carbocycles. The first-order valence-corrected chi connectivity index (χ1v) is 8.14. The Kier molecular flexibility index (Phi) is 6.15. The third kappa shape index (κ3) is 5.06. The fourth-order valence-corrected chi connectivity index (χ4v) is 2.44. The summed E-state index contributed by atoms with van der Waals surface area (Å²) >= 11 is 13.2. The van der Waals surface area contributed by atoms with E-state index in [1.165, 1.54) is 30.4 Å².